The molecular formula is C11H17N3O2S. The average molecular weight is 255 g/mol. The van der Waals surface area contributed by atoms with E-state index in [1.165, 1.54) is 0 Å². The summed E-state index contributed by atoms with van der Waals surface area (Å²) in [4.78, 5) is 12.2. The van der Waals surface area contributed by atoms with E-state index in [9.17, 15) is 4.79 Å². The summed E-state index contributed by atoms with van der Waals surface area (Å²) in [5.74, 6) is 0.266. The third kappa shape index (κ3) is 2.82. The third-order valence-electron chi connectivity index (χ3n) is 2.89. The van der Waals surface area contributed by atoms with Crippen LogP contribution in [0.4, 0.5) is 0 Å². The summed E-state index contributed by atoms with van der Waals surface area (Å²) >= 11 is 5.02. The monoisotopic (exact) mass is 255 g/mol. The Labute approximate surface area is 106 Å². The number of rotatable bonds is 5. The first kappa shape index (κ1) is 13.6. The number of hydrogen-bond donors (Lipinski definition) is 2. The van der Waals surface area contributed by atoms with Crippen molar-refractivity contribution in [2.45, 2.75) is 39.2 Å². The number of nitrogens with one attached hydrogen (secondary N) is 1. The number of hydrogen-bond acceptors (Lipinski definition) is 4. The van der Waals surface area contributed by atoms with Crippen LogP contribution in [0.1, 0.15) is 42.9 Å². The summed E-state index contributed by atoms with van der Waals surface area (Å²) < 4.78 is 4.85. The zero-order chi connectivity index (χ0) is 13.1. The van der Waals surface area contributed by atoms with Gasteiger partial charge in [0.1, 0.15) is 5.76 Å². The standard InChI is InChI=1S/C11H17N3O2S/c1-4-11(5-2,10(12)17)13-9(15)8-6-7(3)16-14-8/h6H,4-5H2,1-3H3,(H2,12,17)(H,13,15). The Kier molecular flexibility index (Phi) is 4.22. The minimum Gasteiger partial charge on any atom is -0.391 e. The number of carbonyl (C=O) groups excluding carboxylic acids is 1. The van der Waals surface area contributed by atoms with Crippen LogP contribution in [-0.4, -0.2) is 21.6 Å². The van der Waals surface area contributed by atoms with E-state index in [1.54, 1.807) is 13.0 Å². The van der Waals surface area contributed by atoms with Gasteiger partial charge in [-0.25, -0.2) is 0 Å². The van der Waals surface area contributed by atoms with Gasteiger partial charge in [0, 0.05) is 6.07 Å². The van der Waals surface area contributed by atoms with E-state index in [1.807, 2.05) is 13.8 Å². The molecule has 1 amide bonds. The number of thiocarbonyl (C=S) groups is 1. The van der Waals surface area contributed by atoms with Crippen LogP contribution in [0.5, 0.6) is 0 Å². The van der Waals surface area contributed by atoms with Crippen molar-refractivity contribution >= 4 is 23.1 Å². The summed E-state index contributed by atoms with van der Waals surface area (Å²) in [5, 5.41) is 6.49. The number of aryl methyl sites for hydroxylation is 1. The van der Waals surface area contributed by atoms with Gasteiger partial charge in [-0.1, -0.05) is 31.2 Å². The average Bonchev–Trinajstić information content (AvgIpc) is 2.72. The molecule has 0 bridgehead atoms. The van der Waals surface area contributed by atoms with Crippen molar-refractivity contribution in [3.05, 3.63) is 17.5 Å². The van der Waals surface area contributed by atoms with E-state index in [2.05, 4.69) is 10.5 Å². The molecule has 0 atom stereocenters. The van der Waals surface area contributed by atoms with E-state index in [4.69, 9.17) is 22.5 Å². The lowest BCUT2D eigenvalue weighted by molar-refractivity contribution is 0.0910. The lowest BCUT2D eigenvalue weighted by atomic mass is 9.92. The molecule has 0 fully saturated rings. The Balaban J connectivity index is 2.88. The van der Waals surface area contributed by atoms with E-state index in [0.29, 0.717) is 18.6 Å². The molecule has 1 rings (SSSR count). The van der Waals surface area contributed by atoms with Crippen LogP contribution in [0.25, 0.3) is 0 Å². The summed E-state index contributed by atoms with van der Waals surface area (Å²) in [6.07, 6.45) is 1.28. The molecule has 0 spiro atoms. The molecule has 0 aliphatic rings. The molecule has 3 N–H and O–H groups in total. The van der Waals surface area contributed by atoms with Crippen LogP contribution in [0.3, 0.4) is 0 Å². The van der Waals surface area contributed by atoms with Gasteiger partial charge >= 0.3 is 0 Å². The summed E-state index contributed by atoms with van der Waals surface area (Å²) in [6.45, 7) is 5.58. The number of nitrogens with two attached hydrogens (primary N) is 1. The molecule has 1 aromatic rings. The highest BCUT2D eigenvalue weighted by Crippen LogP contribution is 2.16. The zero-order valence-electron chi connectivity index (χ0n) is 10.2. The highest BCUT2D eigenvalue weighted by atomic mass is 32.1. The van der Waals surface area contributed by atoms with Crippen LogP contribution < -0.4 is 11.1 Å². The topological polar surface area (TPSA) is 81.2 Å². The first-order valence-electron chi connectivity index (χ1n) is 5.51. The Morgan fingerprint density at radius 3 is 2.53 bits per heavy atom. The molecule has 0 saturated heterocycles. The van der Waals surface area contributed by atoms with Crippen molar-refractivity contribution < 1.29 is 9.32 Å². The van der Waals surface area contributed by atoms with E-state index < -0.39 is 5.54 Å². The van der Waals surface area contributed by atoms with Crippen molar-refractivity contribution in [1.82, 2.24) is 10.5 Å². The van der Waals surface area contributed by atoms with Gasteiger partial charge < -0.3 is 15.6 Å². The summed E-state index contributed by atoms with van der Waals surface area (Å²) in [6, 6.07) is 1.57. The van der Waals surface area contributed by atoms with E-state index in [-0.39, 0.29) is 16.6 Å². The predicted octanol–water partition coefficient (Wildman–Crippen LogP) is 1.56. The van der Waals surface area contributed by atoms with Gasteiger partial charge in [0.15, 0.2) is 5.69 Å². The van der Waals surface area contributed by atoms with Crippen molar-refractivity contribution in [3.8, 4) is 0 Å². The molecule has 94 valence electrons. The molecule has 6 heteroatoms. The second kappa shape index (κ2) is 5.27. The van der Waals surface area contributed by atoms with Gasteiger partial charge in [0.2, 0.25) is 0 Å². The van der Waals surface area contributed by atoms with Crippen LogP contribution in [-0.2, 0) is 0 Å². The van der Waals surface area contributed by atoms with Crippen molar-refractivity contribution in [3.63, 3.8) is 0 Å². The molecule has 0 unspecified atom stereocenters. The van der Waals surface area contributed by atoms with Crippen LogP contribution in [0.2, 0.25) is 0 Å². The number of amides is 1. The Hall–Kier alpha value is -1.43. The lowest BCUT2D eigenvalue weighted by Gasteiger charge is -2.31. The molecule has 5 nitrogen and oxygen atoms in total. The maximum Gasteiger partial charge on any atom is 0.274 e. The largest absolute Gasteiger partial charge is 0.391 e. The van der Waals surface area contributed by atoms with Gasteiger partial charge in [0.25, 0.3) is 5.91 Å². The van der Waals surface area contributed by atoms with E-state index >= 15 is 0 Å². The SMILES string of the molecule is CCC(CC)(NC(=O)c1cc(C)on1)C(N)=S. The molecule has 0 aliphatic carbocycles. The predicted molar refractivity (Wildman–Crippen MR) is 68.8 cm³/mol. The first-order chi connectivity index (χ1) is 7.95. The number of carbonyl (C=O) groups is 1. The summed E-state index contributed by atoms with van der Waals surface area (Å²) in [5.41, 5.74) is 5.28. The smallest absolute Gasteiger partial charge is 0.274 e. The minimum absolute atomic E-state index is 0.241. The van der Waals surface area contributed by atoms with Gasteiger partial charge in [-0.2, -0.15) is 0 Å². The molecule has 0 aliphatic heterocycles. The van der Waals surface area contributed by atoms with Crippen molar-refractivity contribution in [1.29, 1.82) is 0 Å². The van der Waals surface area contributed by atoms with Gasteiger partial charge in [0.05, 0.1) is 10.5 Å². The Morgan fingerprint density at radius 2 is 2.18 bits per heavy atom. The molecule has 17 heavy (non-hydrogen) atoms. The second-order valence-corrected chi connectivity index (χ2v) is 4.37. The Bertz CT molecular complexity index is 424. The van der Waals surface area contributed by atoms with Crippen LogP contribution in [0, 0.1) is 6.92 Å². The quantitative estimate of drug-likeness (QED) is 0.780. The molecular weight excluding hydrogens is 238 g/mol. The maximum absolute atomic E-state index is 11.9. The lowest BCUT2D eigenvalue weighted by Crippen LogP contribution is -2.56. The van der Waals surface area contributed by atoms with Crippen LogP contribution in [0.15, 0.2) is 10.6 Å². The molecule has 0 aromatic carbocycles. The molecule has 0 radical (unpaired) electrons. The third-order valence-corrected chi connectivity index (χ3v) is 3.28. The molecule has 0 saturated carbocycles. The molecule has 1 heterocycles. The maximum atomic E-state index is 11.9. The normalized spacial score (nSPS) is 11.2. The fraction of sp³-hybridized carbons (Fsp3) is 0.545. The van der Waals surface area contributed by atoms with Gasteiger partial charge in [-0.15, -0.1) is 0 Å². The fourth-order valence-electron chi connectivity index (χ4n) is 1.59. The van der Waals surface area contributed by atoms with Gasteiger partial charge in [-0.05, 0) is 19.8 Å². The number of nitrogens with zero attached hydrogens (tertiary/aromatic N) is 1. The highest BCUT2D eigenvalue weighted by molar-refractivity contribution is 7.80. The van der Waals surface area contributed by atoms with Crippen molar-refractivity contribution in [2.75, 3.05) is 0 Å². The summed E-state index contributed by atoms with van der Waals surface area (Å²) in [7, 11) is 0. The first-order valence-corrected chi connectivity index (χ1v) is 5.91. The molecule has 1 aromatic heterocycles. The zero-order valence-corrected chi connectivity index (χ0v) is 11.1. The Morgan fingerprint density at radius 1 is 1.59 bits per heavy atom. The van der Waals surface area contributed by atoms with Crippen molar-refractivity contribution in [2.24, 2.45) is 5.73 Å². The number of aromatic nitrogens is 1. The fourth-order valence-corrected chi connectivity index (χ4v) is 1.93. The van der Waals surface area contributed by atoms with E-state index in [0.717, 1.165) is 0 Å². The van der Waals surface area contributed by atoms with Crippen LogP contribution >= 0.6 is 12.2 Å². The van der Waals surface area contributed by atoms with Gasteiger partial charge in [-0.3, -0.25) is 4.79 Å². The second-order valence-electron chi connectivity index (χ2n) is 3.93. The minimum atomic E-state index is -0.654. The highest BCUT2D eigenvalue weighted by Gasteiger charge is 2.32.